The molecule has 50 valence electrons. The van der Waals surface area contributed by atoms with Gasteiger partial charge < -0.3 is 10.2 Å². The van der Waals surface area contributed by atoms with Crippen LogP contribution in [0.4, 0.5) is 4.79 Å². The summed E-state index contributed by atoms with van der Waals surface area (Å²) in [4.78, 5) is 8.56. The Morgan fingerprint density at radius 1 is 1.56 bits per heavy atom. The topological polar surface area (TPSA) is 57.5 Å². The molecule has 0 aromatic carbocycles. The molecule has 0 amide bonds. The molecule has 4 heteroatoms. The molecule has 0 atom stereocenters. The molecule has 0 aromatic heterocycles. The van der Waals surface area contributed by atoms with Crippen molar-refractivity contribution < 1.29 is 15.0 Å². The third-order valence-corrected chi connectivity index (χ3v) is 1.81. The van der Waals surface area contributed by atoms with Crippen LogP contribution in [0.3, 0.4) is 0 Å². The minimum Gasteiger partial charge on any atom is -0.450 e. The molecule has 2 N–H and O–H groups in total. The molecule has 0 radical (unpaired) electrons. The second-order valence-electron chi connectivity index (χ2n) is 1.64. The van der Waals surface area contributed by atoms with E-state index in [4.69, 9.17) is 15.0 Å². The molecule has 0 spiro atoms. The van der Waals surface area contributed by atoms with Gasteiger partial charge >= 0.3 is 75.4 Å². The molecule has 0 saturated carbocycles. The molecule has 0 fully saturated rings. The fourth-order valence-corrected chi connectivity index (χ4v) is 1.46. The van der Waals surface area contributed by atoms with Crippen LogP contribution < -0.4 is 0 Å². The minimum absolute atomic E-state index is 1.11. The first-order valence-corrected chi connectivity index (χ1v) is 5.27. The van der Waals surface area contributed by atoms with Crippen molar-refractivity contribution in [1.82, 2.24) is 0 Å². The maximum Gasteiger partial charge on any atom is 0.503 e. The summed E-state index contributed by atoms with van der Waals surface area (Å²) in [6, 6.07) is 0. The standard InChI is InChI=1S/C4H9.CH2O3.K/c1-3-4-2;2-1(3)4;/h1,3-4H2,2H3;(H2,2,3,4);. The first-order chi connectivity index (χ1) is 4.15. The van der Waals surface area contributed by atoms with E-state index in [1.54, 1.807) is 0 Å². The summed E-state index contributed by atoms with van der Waals surface area (Å²) in [5, 5.41) is 13.9. The van der Waals surface area contributed by atoms with Crippen LogP contribution in [-0.2, 0) is 0 Å². The SMILES string of the molecule is CCC[CH2][K].O=C(O)O. The molecule has 0 aliphatic heterocycles. The van der Waals surface area contributed by atoms with E-state index in [1.807, 2.05) is 0 Å². The zero-order valence-corrected chi connectivity index (χ0v) is 9.05. The fourth-order valence-electron chi connectivity index (χ4n) is 0.354. The van der Waals surface area contributed by atoms with Crippen molar-refractivity contribution >= 4 is 55.1 Å². The van der Waals surface area contributed by atoms with E-state index >= 15 is 0 Å². The molecule has 0 heterocycles. The first-order valence-electron chi connectivity index (χ1n) is 3.07. The average molecular weight is 158 g/mol. The number of carboxylic acid groups (broad SMARTS) is 2. The second-order valence-corrected chi connectivity index (χ2v) is 3.20. The van der Waals surface area contributed by atoms with Gasteiger partial charge in [-0.25, -0.2) is 4.79 Å². The molecular formula is C5H11KO3. The van der Waals surface area contributed by atoms with Crippen molar-refractivity contribution in [2.45, 2.75) is 20.3 Å². The second kappa shape index (κ2) is 11.7. The number of unbranched alkanes of at least 4 members (excludes halogenated alkanes) is 1. The van der Waals surface area contributed by atoms with Crippen LogP contribution in [-0.4, -0.2) is 65.3 Å². The van der Waals surface area contributed by atoms with E-state index in [0.717, 1.165) is 49.0 Å². The zero-order valence-electron chi connectivity index (χ0n) is 5.92. The number of carbonyl (C=O) groups is 1. The Hall–Kier alpha value is 0.906. The van der Waals surface area contributed by atoms with Gasteiger partial charge in [-0.3, -0.25) is 0 Å². The molecule has 0 aliphatic rings. The van der Waals surface area contributed by atoms with Crippen molar-refractivity contribution in [1.29, 1.82) is 0 Å². The van der Waals surface area contributed by atoms with Crippen molar-refractivity contribution in [2.24, 2.45) is 0 Å². The summed E-state index contributed by atoms with van der Waals surface area (Å²) in [6.07, 6.45) is 1.03. The summed E-state index contributed by atoms with van der Waals surface area (Å²) >= 11 is 1.11. The molecule has 0 rings (SSSR count). The van der Waals surface area contributed by atoms with E-state index in [-0.39, 0.29) is 0 Å². The van der Waals surface area contributed by atoms with Gasteiger partial charge in [0.1, 0.15) is 0 Å². The van der Waals surface area contributed by atoms with Crippen LogP contribution in [0.25, 0.3) is 0 Å². The Balaban J connectivity index is 0. The summed E-state index contributed by atoms with van der Waals surface area (Å²) in [5.41, 5.74) is 0. The van der Waals surface area contributed by atoms with Gasteiger partial charge in [-0.15, -0.1) is 0 Å². The normalized spacial score (nSPS) is 7.44. The Kier molecular flexibility index (Phi) is 16.3. The van der Waals surface area contributed by atoms with Gasteiger partial charge in [-0.1, -0.05) is 0 Å². The predicted molar refractivity (Wildman–Crippen MR) is 36.1 cm³/mol. The zero-order chi connectivity index (χ0) is 7.70. The fraction of sp³-hybridized carbons (Fsp3) is 0.800. The smallest absolute Gasteiger partial charge is 0.450 e. The monoisotopic (exact) mass is 158 g/mol. The molecule has 3 nitrogen and oxygen atoms in total. The van der Waals surface area contributed by atoms with Crippen LogP contribution in [0.2, 0.25) is 0.515 Å². The first kappa shape index (κ1) is 12.6. The van der Waals surface area contributed by atoms with E-state index in [1.165, 1.54) is 13.4 Å². The Labute approximate surface area is 89.0 Å². The van der Waals surface area contributed by atoms with Crippen LogP contribution in [0, 0.1) is 0 Å². The van der Waals surface area contributed by atoms with Crippen molar-refractivity contribution in [3.8, 4) is 0 Å². The molecular weight excluding hydrogens is 147 g/mol. The van der Waals surface area contributed by atoms with Gasteiger partial charge in [0, 0.05) is 0 Å². The molecule has 0 bridgehead atoms. The Morgan fingerprint density at radius 3 is 1.89 bits per heavy atom. The van der Waals surface area contributed by atoms with Crippen molar-refractivity contribution in [3.63, 3.8) is 0 Å². The summed E-state index contributed by atoms with van der Waals surface area (Å²) in [6.45, 7) is 2.24. The number of rotatable bonds is 2. The van der Waals surface area contributed by atoms with Gasteiger partial charge in [-0.05, 0) is 0 Å². The molecule has 0 unspecified atom stereocenters. The third-order valence-electron chi connectivity index (χ3n) is 0.707. The Morgan fingerprint density at radius 2 is 1.89 bits per heavy atom. The van der Waals surface area contributed by atoms with Crippen LogP contribution in [0.5, 0.6) is 0 Å². The maximum atomic E-state index is 8.56. The predicted octanol–water partition coefficient (Wildman–Crippen LogP) is 1.60. The van der Waals surface area contributed by atoms with Gasteiger partial charge in [0.05, 0.1) is 0 Å². The Bertz CT molecular complexity index is 59.2. The van der Waals surface area contributed by atoms with Gasteiger partial charge in [0.25, 0.3) is 0 Å². The van der Waals surface area contributed by atoms with E-state index in [9.17, 15) is 0 Å². The van der Waals surface area contributed by atoms with Crippen LogP contribution in [0.1, 0.15) is 19.8 Å². The summed E-state index contributed by atoms with van der Waals surface area (Å²) < 4.78 is 1.53. The summed E-state index contributed by atoms with van der Waals surface area (Å²) in [7, 11) is 0. The van der Waals surface area contributed by atoms with Gasteiger partial charge in [0.15, 0.2) is 0 Å². The van der Waals surface area contributed by atoms with Crippen LogP contribution >= 0.6 is 0 Å². The van der Waals surface area contributed by atoms with E-state index in [2.05, 4.69) is 6.92 Å². The number of hydrogen-bond donors (Lipinski definition) is 2. The van der Waals surface area contributed by atoms with Crippen molar-refractivity contribution in [3.05, 3.63) is 0 Å². The third kappa shape index (κ3) is 50.3. The average Bonchev–Trinajstić information content (AvgIpc) is 1.66. The van der Waals surface area contributed by atoms with E-state index in [0.29, 0.717) is 0 Å². The van der Waals surface area contributed by atoms with Crippen LogP contribution in [0.15, 0.2) is 0 Å². The maximum absolute atomic E-state index is 8.56. The quantitative estimate of drug-likeness (QED) is 0.600. The van der Waals surface area contributed by atoms with Gasteiger partial charge in [0.2, 0.25) is 0 Å². The molecule has 9 heavy (non-hydrogen) atoms. The molecule has 0 saturated heterocycles. The number of hydrogen-bond acceptors (Lipinski definition) is 1. The minimum atomic E-state index is -1.83. The summed E-state index contributed by atoms with van der Waals surface area (Å²) in [5.74, 6) is 0. The van der Waals surface area contributed by atoms with Gasteiger partial charge in [-0.2, -0.15) is 0 Å². The van der Waals surface area contributed by atoms with E-state index < -0.39 is 6.16 Å². The molecule has 0 aliphatic carbocycles. The molecule has 0 aromatic rings. The largest absolute Gasteiger partial charge is 0.503 e. The van der Waals surface area contributed by atoms with Crippen molar-refractivity contribution in [2.75, 3.05) is 0 Å².